The molecule has 1 heterocycles. The summed E-state index contributed by atoms with van der Waals surface area (Å²) in [6, 6.07) is 9.17. The lowest BCUT2D eigenvalue weighted by Gasteiger charge is -2.09. The number of rotatable bonds is 10. The van der Waals surface area contributed by atoms with Gasteiger partial charge < -0.3 is 19.5 Å². The predicted molar refractivity (Wildman–Crippen MR) is 100 cm³/mol. The Morgan fingerprint density at radius 3 is 2.62 bits per heavy atom. The van der Waals surface area contributed by atoms with Gasteiger partial charge in [-0.05, 0) is 42.0 Å². The fraction of sp³-hybridized carbons (Fsp3) is 0.368. The second kappa shape index (κ2) is 10.5. The first-order valence-corrected chi connectivity index (χ1v) is 9.20. The minimum Gasteiger partial charge on any atom is -0.493 e. The van der Waals surface area contributed by atoms with E-state index < -0.39 is 0 Å². The van der Waals surface area contributed by atoms with Crippen molar-refractivity contribution >= 4 is 23.2 Å². The third-order valence-corrected chi connectivity index (χ3v) is 4.55. The molecule has 0 aliphatic heterocycles. The first-order chi connectivity index (χ1) is 12.6. The van der Waals surface area contributed by atoms with Crippen LogP contribution in [-0.4, -0.2) is 39.2 Å². The molecular formula is C19H23NO5S. The van der Waals surface area contributed by atoms with Gasteiger partial charge in [0.25, 0.3) is 5.91 Å². The number of ether oxygens (including phenoxy) is 3. The molecule has 0 saturated heterocycles. The zero-order valence-corrected chi connectivity index (χ0v) is 15.8. The van der Waals surface area contributed by atoms with Gasteiger partial charge in [0.1, 0.15) is 0 Å². The van der Waals surface area contributed by atoms with Gasteiger partial charge in [0, 0.05) is 13.0 Å². The molecule has 0 radical (unpaired) electrons. The van der Waals surface area contributed by atoms with Crippen LogP contribution < -0.4 is 14.8 Å². The molecule has 2 rings (SSSR count). The Balaban J connectivity index is 1.62. The van der Waals surface area contributed by atoms with Gasteiger partial charge in [-0.1, -0.05) is 12.1 Å². The molecule has 1 N–H and O–H groups in total. The monoisotopic (exact) mass is 377 g/mol. The number of esters is 1. The summed E-state index contributed by atoms with van der Waals surface area (Å²) in [4.78, 5) is 24.2. The zero-order chi connectivity index (χ0) is 18.8. The van der Waals surface area contributed by atoms with Gasteiger partial charge in [0.15, 0.2) is 11.5 Å². The van der Waals surface area contributed by atoms with Gasteiger partial charge in [-0.3, -0.25) is 9.59 Å². The maximum Gasteiger partial charge on any atom is 0.306 e. The molecule has 0 bridgehead atoms. The molecule has 1 aromatic carbocycles. The zero-order valence-electron chi connectivity index (χ0n) is 14.9. The van der Waals surface area contributed by atoms with Crippen molar-refractivity contribution in [2.75, 3.05) is 27.4 Å². The average Bonchev–Trinajstić information content (AvgIpc) is 3.20. The number of benzene rings is 1. The van der Waals surface area contributed by atoms with Crippen LogP contribution >= 0.6 is 11.3 Å². The highest BCUT2D eigenvalue weighted by Gasteiger charge is 2.08. The van der Waals surface area contributed by atoms with Crippen LogP contribution in [0.1, 0.15) is 28.1 Å². The Morgan fingerprint density at radius 1 is 1.12 bits per heavy atom. The van der Waals surface area contributed by atoms with Crippen molar-refractivity contribution in [1.82, 2.24) is 5.32 Å². The minimum absolute atomic E-state index is 0.0974. The summed E-state index contributed by atoms with van der Waals surface area (Å²) in [6.07, 6.45) is 1.44. The van der Waals surface area contributed by atoms with Gasteiger partial charge >= 0.3 is 5.97 Å². The van der Waals surface area contributed by atoms with Crippen molar-refractivity contribution in [3.8, 4) is 11.5 Å². The predicted octanol–water partition coefficient (Wildman–Crippen LogP) is 3.06. The van der Waals surface area contributed by atoms with Crippen molar-refractivity contribution in [2.24, 2.45) is 0 Å². The second-order valence-corrected chi connectivity index (χ2v) is 6.44. The van der Waals surface area contributed by atoms with Crippen LogP contribution in [0.3, 0.4) is 0 Å². The lowest BCUT2D eigenvalue weighted by Crippen LogP contribution is -2.24. The minimum atomic E-state index is -0.260. The molecule has 0 fully saturated rings. The quantitative estimate of drug-likeness (QED) is 0.509. The van der Waals surface area contributed by atoms with Crippen molar-refractivity contribution < 1.29 is 23.8 Å². The molecule has 1 amide bonds. The van der Waals surface area contributed by atoms with E-state index in [1.807, 2.05) is 29.6 Å². The average molecular weight is 377 g/mol. The molecule has 0 spiro atoms. The Bertz CT molecular complexity index is 715. The van der Waals surface area contributed by atoms with E-state index in [1.54, 1.807) is 20.3 Å². The van der Waals surface area contributed by atoms with E-state index in [9.17, 15) is 9.59 Å². The molecule has 0 aliphatic carbocycles. The molecule has 1 aromatic heterocycles. The van der Waals surface area contributed by atoms with Crippen molar-refractivity contribution in [2.45, 2.75) is 19.3 Å². The lowest BCUT2D eigenvalue weighted by atomic mass is 10.1. The van der Waals surface area contributed by atoms with Gasteiger partial charge in [-0.15, -0.1) is 11.3 Å². The van der Waals surface area contributed by atoms with E-state index in [1.165, 1.54) is 11.3 Å². The number of hydrogen-bond acceptors (Lipinski definition) is 6. The maximum atomic E-state index is 11.8. The fourth-order valence-electron chi connectivity index (χ4n) is 2.31. The van der Waals surface area contributed by atoms with Crippen LogP contribution in [0.2, 0.25) is 0 Å². The third kappa shape index (κ3) is 6.07. The summed E-state index contributed by atoms with van der Waals surface area (Å²) in [7, 11) is 3.16. The van der Waals surface area contributed by atoms with Gasteiger partial charge in [0.05, 0.1) is 25.7 Å². The van der Waals surface area contributed by atoms with Crippen LogP contribution in [0, 0.1) is 0 Å². The number of methoxy groups -OCH3 is 2. The third-order valence-electron chi connectivity index (χ3n) is 3.68. The first kappa shape index (κ1) is 19.8. The standard InChI is InChI=1S/C19H23NO5S/c1-23-15-8-6-14(13-16(15)24-2)7-9-18(21)25-11-4-10-20-19(22)17-5-3-12-26-17/h3,5-6,8,12-13H,4,7,9-11H2,1-2H3,(H,20,22). The smallest absolute Gasteiger partial charge is 0.306 e. The first-order valence-electron chi connectivity index (χ1n) is 8.32. The van der Waals surface area contributed by atoms with E-state index >= 15 is 0 Å². The van der Waals surface area contributed by atoms with E-state index in [-0.39, 0.29) is 24.9 Å². The molecule has 0 saturated carbocycles. The topological polar surface area (TPSA) is 73.9 Å². The number of thiophene rings is 1. The Hall–Kier alpha value is -2.54. The Kier molecular flexibility index (Phi) is 7.95. The summed E-state index contributed by atoms with van der Waals surface area (Å²) in [5.41, 5.74) is 0.975. The summed E-state index contributed by atoms with van der Waals surface area (Å²) in [5, 5.41) is 4.65. The second-order valence-electron chi connectivity index (χ2n) is 5.50. The number of carbonyl (C=O) groups is 2. The Morgan fingerprint density at radius 2 is 1.92 bits per heavy atom. The lowest BCUT2D eigenvalue weighted by molar-refractivity contribution is -0.143. The Labute approximate surface area is 157 Å². The van der Waals surface area contributed by atoms with Crippen molar-refractivity contribution in [3.05, 3.63) is 46.2 Å². The van der Waals surface area contributed by atoms with Crippen LogP contribution in [0.25, 0.3) is 0 Å². The summed E-state index contributed by atoms with van der Waals surface area (Å²) in [5.74, 6) is 0.937. The van der Waals surface area contributed by atoms with Crippen LogP contribution in [0.4, 0.5) is 0 Å². The van der Waals surface area contributed by atoms with E-state index in [0.717, 1.165) is 5.56 Å². The highest BCUT2D eigenvalue weighted by Crippen LogP contribution is 2.27. The van der Waals surface area contributed by atoms with Gasteiger partial charge in [0.2, 0.25) is 0 Å². The highest BCUT2D eigenvalue weighted by atomic mass is 32.1. The fourth-order valence-corrected chi connectivity index (χ4v) is 2.95. The van der Waals surface area contributed by atoms with Crippen LogP contribution in [0.15, 0.2) is 35.7 Å². The number of aryl methyl sites for hydroxylation is 1. The summed E-state index contributed by atoms with van der Waals surface area (Å²) < 4.78 is 15.6. The molecule has 0 unspecified atom stereocenters. The molecule has 7 heteroatoms. The molecule has 6 nitrogen and oxygen atoms in total. The van der Waals surface area contributed by atoms with Crippen LogP contribution in [-0.2, 0) is 16.0 Å². The number of amides is 1. The van der Waals surface area contributed by atoms with Crippen LogP contribution in [0.5, 0.6) is 11.5 Å². The summed E-state index contributed by atoms with van der Waals surface area (Å²) in [6.45, 7) is 0.759. The molecule has 2 aromatic rings. The number of nitrogens with one attached hydrogen (secondary N) is 1. The molecule has 140 valence electrons. The largest absolute Gasteiger partial charge is 0.493 e. The molecular weight excluding hydrogens is 354 g/mol. The normalized spacial score (nSPS) is 10.2. The van der Waals surface area contributed by atoms with E-state index in [2.05, 4.69) is 5.32 Å². The molecule has 26 heavy (non-hydrogen) atoms. The SMILES string of the molecule is COc1ccc(CCC(=O)OCCCNC(=O)c2cccs2)cc1OC. The van der Waals surface area contributed by atoms with Gasteiger partial charge in [-0.25, -0.2) is 0 Å². The maximum absolute atomic E-state index is 11.8. The number of hydrogen-bond donors (Lipinski definition) is 1. The molecule has 0 aliphatic rings. The van der Waals surface area contributed by atoms with E-state index in [4.69, 9.17) is 14.2 Å². The van der Waals surface area contributed by atoms with E-state index in [0.29, 0.717) is 35.8 Å². The van der Waals surface area contributed by atoms with Crippen molar-refractivity contribution in [1.29, 1.82) is 0 Å². The van der Waals surface area contributed by atoms with Gasteiger partial charge in [-0.2, -0.15) is 0 Å². The number of carbonyl (C=O) groups excluding carboxylic acids is 2. The summed E-state index contributed by atoms with van der Waals surface area (Å²) >= 11 is 1.39. The molecule has 0 atom stereocenters. The van der Waals surface area contributed by atoms with Crippen molar-refractivity contribution in [3.63, 3.8) is 0 Å². The highest BCUT2D eigenvalue weighted by molar-refractivity contribution is 7.12.